The fourth-order valence-electron chi connectivity index (χ4n) is 5.67. The van der Waals surface area contributed by atoms with Gasteiger partial charge in [-0.25, -0.2) is 4.98 Å². The zero-order valence-electron chi connectivity index (χ0n) is 20.6. The molecular weight excluding hydrogens is 450 g/mol. The zero-order valence-corrected chi connectivity index (χ0v) is 20.6. The molecule has 3 heteroatoms. The van der Waals surface area contributed by atoms with Crippen LogP contribution in [0.1, 0.15) is 12.7 Å². The van der Waals surface area contributed by atoms with Gasteiger partial charge in [-0.3, -0.25) is 9.55 Å². The summed E-state index contributed by atoms with van der Waals surface area (Å²) in [6.45, 7) is 2.18. The second kappa shape index (κ2) is 8.72. The molecule has 2 aromatic heterocycles. The molecular formula is C34H25N3. The van der Waals surface area contributed by atoms with Gasteiger partial charge in [0.05, 0.1) is 16.7 Å². The Morgan fingerprint density at radius 2 is 1.24 bits per heavy atom. The van der Waals surface area contributed by atoms with Crippen molar-refractivity contribution in [2.75, 3.05) is 0 Å². The van der Waals surface area contributed by atoms with Crippen LogP contribution in [-0.2, 0) is 6.42 Å². The first-order chi connectivity index (χ1) is 18.3. The van der Waals surface area contributed by atoms with E-state index >= 15 is 0 Å². The number of nitrogens with zero attached hydrogens (tertiary/aromatic N) is 3. The van der Waals surface area contributed by atoms with Gasteiger partial charge >= 0.3 is 0 Å². The molecule has 0 aliphatic rings. The molecule has 0 saturated heterocycles. The maximum Gasteiger partial charge on any atom is 0.114 e. The van der Waals surface area contributed by atoms with Gasteiger partial charge in [-0.1, -0.05) is 97.9 Å². The highest BCUT2D eigenvalue weighted by Crippen LogP contribution is 2.44. The number of imidazole rings is 1. The van der Waals surface area contributed by atoms with E-state index in [9.17, 15) is 0 Å². The van der Waals surface area contributed by atoms with E-state index in [0.717, 1.165) is 28.8 Å². The smallest absolute Gasteiger partial charge is 0.114 e. The standard InChI is InChI=1S/C34H25N3/c1-2-32-36-30-19-9-10-20-31(30)37(32)34-28-17-7-5-15-26(28)33(27-16-6-8-18-29(27)34)25-14-4-3-13-24(25)23-12-11-21-35-22-23/h3-22H,2H2,1H3. The second-order valence-corrected chi connectivity index (χ2v) is 9.31. The summed E-state index contributed by atoms with van der Waals surface area (Å²) in [6, 6.07) is 38.8. The van der Waals surface area contributed by atoms with Crippen LogP contribution in [0.25, 0.3) is 60.5 Å². The Hall–Kier alpha value is -4.76. The highest BCUT2D eigenvalue weighted by molar-refractivity contribution is 6.19. The van der Waals surface area contributed by atoms with Gasteiger partial charge in [0.25, 0.3) is 0 Å². The van der Waals surface area contributed by atoms with Gasteiger partial charge in [0.2, 0.25) is 0 Å². The van der Waals surface area contributed by atoms with Crippen molar-refractivity contribution in [3.05, 3.63) is 127 Å². The molecule has 7 rings (SSSR count). The maximum atomic E-state index is 5.01. The minimum absolute atomic E-state index is 0.850. The monoisotopic (exact) mass is 475 g/mol. The van der Waals surface area contributed by atoms with Crippen molar-refractivity contribution in [2.45, 2.75) is 13.3 Å². The fraction of sp³-hybridized carbons (Fsp3) is 0.0588. The van der Waals surface area contributed by atoms with Crippen LogP contribution in [0.4, 0.5) is 0 Å². The van der Waals surface area contributed by atoms with Crippen molar-refractivity contribution in [2.24, 2.45) is 0 Å². The summed E-state index contributed by atoms with van der Waals surface area (Å²) in [5.41, 5.74) is 8.11. The van der Waals surface area contributed by atoms with E-state index in [1.54, 1.807) is 0 Å². The quantitative estimate of drug-likeness (QED) is 0.239. The van der Waals surface area contributed by atoms with Crippen LogP contribution in [0.5, 0.6) is 0 Å². The van der Waals surface area contributed by atoms with Crippen LogP contribution in [0.2, 0.25) is 0 Å². The first-order valence-corrected chi connectivity index (χ1v) is 12.7. The Balaban J connectivity index is 1.66. The zero-order chi connectivity index (χ0) is 24.8. The van der Waals surface area contributed by atoms with Crippen molar-refractivity contribution in [3.63, 3.8) is 0 Å². The first kappa shape index (κ1) is 21.5. The Kier molecular flexibility index (Phi) is 5.07. The minimum Gasteiger partial charge on any atom is -0.295 e. The number of aromatic nitrogens is 3. The molecule has 0 fully saturated rings. The lowest BCUT2D eigenvalue weighted by Crippen LogP contribution is -2.03. The van der Waals surface area contributed by atoms with Gasteiger partial charge in [-0.05, 0) is 45.7 Å². The topological polar surface area (TPSA) is 30.7 Å². The largest absolute Gasteiger partial charge is 0.295 e. The van der Waals surface area contributed by atoms with Gasteiger partial charge in [-0.2, -0.15) is 0 Å². The predicted molar refractivity (Wildman–Crippen MR) is 154 cm³/mol. The fourth-order valence-corrected chi connectivity index (χ4v) is 5.67. The summed E-state index contributed by atoms with van der Waals surface area (Å²) < 4.78 is 2.37. The van der Waals surface area contributed by atoms with Gasteiger partial charge in [0, 0.05) is 35.2 Å². The third-order valence-electron chi connectivity index (χ3n) is 7.24. The third kappa shape index (κ3) is 3.35. The highest BCUT2D eigenvalue weighted by Gasteiger charge is 2.21. The van der Waals surface area contributed by atoms with Gasteiger partial charge in [-0.15, -0.1) is 0 Å². The van der Waals surface area contributed by atoms with Gasteiger partial charge < -0.3 is 0 Å². The van der Waals surface area contributed by atoms with Crippen LogP contribution in [-0.4, -0.2) is 14.5 Å². The Labute approximate surface area is 215 Å². The first-order valence-electron chi connectivity index (χ1n) is 12.7. The van der Waals surface area contributed by atoms with E-state index in [1.165, 1.54) is 43.9 Å². The lowest BCUT2D eigenvalue weighted by atomic mass is 9.87. The lowest BCUT2D eigenvalue weighted by molar-refractivity contribution is 0.917. The number of hydrogen-bond donors (Lipinski definition) is 0. The van der Waals surface area contributed by atoms with Gasteiger partial charge in [0.1, 0.15) is 5.82 Å². The molecule has 0 unspecified atom stereocenters. The van der Waals surface area contributed by atoms with Crippen LogP contribution < -0.4 is 0 Å². The van der Waals surface area contributed by atoms with Crippen molar-refractivity contribution >= 4 is 32.6 Å². The second-order valence-electron chi connectivity index (χ2n) is 9.31. The number of aryl methyl sites for hydroxylation is 1. The van der Waals surface area contributed by atoms with E-state index < -0.39 is 0 Å². The number of benzene rings is 5. The molecule has 0 radical (unpaired) electrons. The van der Waals surface area contributed by atoms with Crippen LogP contribution in [0.15, 0.2) is 122 Å². The molecule has 0 saturated carbocycles. The van der Waals surface area contributed by atoms with E-state index in [4.69, 9.17) is 4.98 Å². The number of para-hydroxylation sites is 2. The summed E-state index contributed by atoms with van der Waals surface area (Å²) in [4.78, 5) is 9.42. The number of fused-ring (bicyclic) bond motifs is 3. The number of hydrogen-bond acceptors (Lipinski definition) is 2. The van der Waals surface area contributed by atoms with Crippen LogP contribution in [0.3, 0.4) is 0 Å². The molecule has 37 heavy (non-hydrogen) atoms. The Morgan fingerprint density at radius 3 is 1.92 bits per heavy atom. The minimum atomic E-state index is 0.850. The summed E-state index contributed by atoms with van der Waals surface area (Å²) in [5, 5.41) is 4.89. The maximum absolute atomic E-state index is 5.01. The molecule has 176 valence electrons. The van der Waals surface area contributed by atoms with Crippen molar-refractivity contribution in [3.8, 4) is 27.9 Å². The molecule has 0 N–H and O–H groups in total. The Bertz CT molecular complexity index is 1860. The van der Waals surface area contributed by atoms with Crippen LogP contribution in [0, 0.1) is 0 Å². The third-order valence-corrected chi connectivity index (χ3v) is 7.24. The average Bonchev–Trinajstić information content (AvgIpc) is 3.34. The normalized spacial score (nSPS) is 11.5. The lowest BCUT2D eigenvalue weighted by Gasteiger charge is -2.21. The molecule has 2 heterocycles. The van der Waals surface area contributed by atoms with E-state index in [-0.39, 0.29) is 0 Å². The highest BCUT2D eigenvalue weighted by atomic mass is 15.1. The van der Waals surface area contributed by atoms with Crippen LogP contribution >= 0.6 is 0 Å². The van der Waals surface area contributed by atoms with Crippen molar-refractivity contribution < 1.29 is 0 Å². The SMILES string of the molecule is CCc1nc2ccccc2n1-c1c2ccccc2c(-c2ccccc2-c2cccnc2)c2ccccc12. The molecule has 5 aromatic carbocycles. The molecule has 0 atom stereocenters. The van der Waals surface area contributed by atoms with E-state index in [1.807, 2.05) is 18.5 Å². The van der Waals surface area contributed by atoms with Crippen molar-refractivity contribution in [1.82, 2.24) is 14.5 Å². The van der Waals surface area contributed by atoms with E-state index in [2.05, 4.69) is 120 Å². The molecule has 0 aliphatic carbocycles. The average molecular weight is 476 g/mol. The number of pyridine rings is 1. The summed E-state index contributed by atoms with van der Waals surface area (Å²) in [5.74, 6) is 1.07. The summed E-state index contributed by atoms with van der Waals surface area (Å²) in [7, 11) is 0. The molecule has 0 amide bonds. The molecule has 7 aromatic rings. The summed E-state index contributed by atoms with van der Waals surface area (Å²) in [6.07, 6.45) is 4.62. The van der Waals surface area contributed by atoms with Crippen molar-refractivity contribution in [1.29, 1.82) is 0 Å². The molecule has 0 aliphatic heterocycles. The van der Waals surface area contributed by atoms with Gasteiger partial charge in [0.15, 0.2) is 0 Å². The summed E-state index contributed by atoms with van der Waals surface area (Å²) >= 11 is 0. The molecule has 0 spiro atoms. The predicted octanol–water partition coefficient (Wildman–Crippen LogP) is 8.62. The number of rotatable bonds is 4. The Morgan fingerprint density at radius 1 is 0.622 bits per heavy atom. The molecule has 0 bridgehead atoms. The molecule has 3 nitrogen and oxygen atoms in total. The van der Waals surface area contributed by atoms with E-state index in [0.29, 0.717) is 0 Å².